The maximum atomic E-state index is 11.8. The number of nitrogens with one attached hydrogen (secondary N) is 2. The van der Waals surface area contributed by atoms with Crippen molar-refractivity contribution in [2.45, 2.75) is 26.4 Å². The molecule has 0 radical (unpaired) electrons. The molecule has 1 unspecified atom stereocenters. The molecule has 118 valence electrons. The number of carbonyl (C=O) groups excluding carboxylic acids is 1. The van der Waals surface area contributed by atoms with Gasteiger partial charge in [-0.3, -0.25) is 4.90 Å². The Morgan fingerprint density at radius 1 is 1.33 bits per heavy atom. The summed E-state index contributed by atoms with van der Waals surface area (Å²) < 4.78 is 10.6. The number of carbonyl (C=O) groups is 1. The molecule has 1 aliphatic heterocycles. The Kier molecular flexibility index (Phi) is 6.07. The van der Waals surface area contributed by atoms with Crippen LogP contribution in [0.2, 0.25) is 0 Å². The van der Waals surface area contributed by atoms with Gasteiger partial charge in [0, 0.05) is 25.7 Å². The maximum absolute atomic E-state index is 11.8. The first-order chi connectivity index (χ1) is 10.2. The van der Waals surface area contributed by atoms with Gasteiger partial charge in [0.1, 0.15) is 5.76 Å². The predicted molar refractivity (Wildman–Crippen MR) is 80.0 cm³/mol. The Labute approximate surface area is 125 Å². The van der Waals surface area contributed by atoms with Crippen molar-refractivity contribution in [1.82, 2.24) is 15.5 Å². The van der Waals surface area contributed by atoms with Crippen molar-refractivity contribution in [1.29, 1.82) is 0 Å². The average Bonchev–Trinajstić information content (AvgIpc) is 2.99. The summed E-state index contributed by atoms with van der Waals surface area (Å²) in [5.74, 6) is 1.23. The van der Waals surface area contributed by atoms with Crippen LogP contribution in [0.4, 0.5) is 4.79 Å². The first-order valence-corrected chi connectivity index (χ1v) is 7.52. The fraction of sp³-hybridized carbons (Fsp3) is 0.667. The molecule has 0 aromatic carbocycles. The molecule has 6 nitrogen and oxygen atoms in total. The number of morpholine rings is 1. The summed E-state index contributed by atoms with van der Waals surface area (Å²) in [4.78, 5) is 14.2. The normalized spacial score (nSPS) is 17.7. The Morgan fingerprint density at radius 2 is 2.10 bits per heavy atom. The standard InChI is InChI=1S/C15H25N3O3/c1-12(2)14(18-5-8-20-9-6-18)11-17-15(19)16-10-13-4-3-7-21-13/h3-4,7,12,14H,5-6,8-11H2,1-2H3,(H2,16,17,19). The summed E-state index contributed by atoms with van der Waals surface area (Å²) in [6.07, 6.45) is 1.60. The molecule has 0 bridgehead atoms. The highest BCUT2D eigenvalue weighted by atomic mass is 16.5. The summed E-state index contributed by atoms with van der Waals surface area (Å²) >= 11 is 0. The molecule has 1 atom stereocenters. The van der Waals surface area contributed by atoms with Gasteiger partial charge >= 0.3 is 6.03 Å². The fourth-order valence-electron chi connectivity index (χ4n) is 2.54. The zero-order valence-electron chi connectivity index (χ0n) is 12.8. The molecule has 0 saturated carbocycles. The topological polar surface area (TPSA) is 66.7 Å². The Balaban J connectivity index is 1.74. The lowest BCUT2D eigenvalue weighted by atomic mass is 10.0. The quantitative estimate of drug-likeness (QED) is 0.833. The lowest BCUT2D eigenvalue weighted by Crippen LogP contribution is -2.52. The van der Waals surface area contributed by atoms with Gasteiger partial charge in [0.05, 0.1) is 26.0 Å². The lowest BCUT2D eigenvalue weighted by Gasteiger charge is -2.36. The van der Waals surface area contributed by atoms with E-state index in [4.69, 9.17) is 9.15 Å². The minimum atomic E-state index is -0.162. The van der Waals surface area contributed by atoms with E-state index in [1.165, 1.54) is 0 Å². The van der Waals surface area contributed by atoms with E-state index < -0.39 is 0 Å². The van der Waals surface area contributed by atoms with Crippen LogP contribution in [0, 0.1) is 5.92 Å². The highest BCUT2D eigenvalue weighted by Gasteiger charge is 2.24. The Bertz CT molecular complexity index is 414. The van der Waals surface area contributed by atoms with E-state index in [0.717, 1.165) is 32.1 Å². The number of amides is 2. The summed E-state index contributed by atoms with van der Waals surface area (Å²) in [5.41, 5.74) is 0. The SMILES string of the molecule is CC(C)C(CNC(=O)NCc1ccco1)N1CCOCC1. The molecule has 2 amide bonds. The first-order valence-electron chi connectivity index (χ1n) is 7.52. The number of nitrogens with zero attached hydrogens (tertiary/aromatic N) is 1. The third-order valence-corrected chi connectivity index (χ3v) is 3.76. The van der Waals surface area contributed by atoms with E-state index in [2.05, 4.69) is 29.4 Å². The molecule has 2 N–H and O–H groups in total. The van der Waals surface area contributed by atoms with Gasteiger partial charge in [-0.25, -0.2) is 4.79 Å². The molecule has 21 heavy (non-hydrogen) atoms. The number of furan rings is 1. The van der Waals surface area contributed by atoms with Crippen LogP contribution < -0.4 is 10.6 Å². The molecule has 1 aromatic rings. The summed E-state index contributed by atoms with van der Waals surface area (Å²) in [5, 5.41) is 5.74. The van der Waals surface area contributed by atoms with Crippen molar-refractivity contribution < 1.29 is 13.9 Å². The zero-order valence-corrected chi connectivity index (χ0v) is 12.8. The number of urea groups is 1. The lowest BCUT2D eigenvalue weighted by molar-refractivity contribution is 0.00719. The highest BCUT2D eigenvalue weighted by Crippen LogP contribution is 2.12. The molecule has 1 fully saturated rings. The van der Waals surface area contributed by atoms with Crippen LogP contribution in [-0.4, -0.2) is 49.8 Å². The molecule has 0 aliphatic carbocycles. The number of rotatable bonds is 6. The molecule has 1 aliphatic rings. The molecule has 2 rings (SSSR count). The van der Waals surface area contributed by atoms with Gasteiger partial charge < -0.3 is 19.8 Å². The van der Waals surface area contributed by atoms with Crippen LogP contribution in [0.1, 0.15) is 19.6 Å². The molecule has 1 saturated heterocycles. The zero-order chi connectivity index (χ0) is 15.1. The van der Waals surface area contributed by atoms with E-state index >= 15 is 0 Å². The van der Waals surface area contributed by atoms with Crippen molar-refractivity contribution in [3.8, 4) is 0 Å². The van der Waals surface area contributed by atoms with Crippen LogP contribution >= 0.6 is 0 Å². The Hall–Kier alpha value is -1.53. The van der Waals surface area contributed by atoms with E-state index in [-0.39, 0.29) is 6.03 Å². The van der Waals surface area contributed by atoms with Gasteiger partial charge in [0.15, 0.2) is 0 Å². The fourth-order valence-corrected chi connectivity index (χ4v) is 2.54. The first kappa shape index (κ1) is 15.9. The van der Waals surface area contributed by atoms with Gasteiger partial charge in [-0.15, -0.1) is 0 Å². The van der Waals surface area contributed by atoms with Crippen molar-refractivity contribution >= 4 is 6.03 Å². The molecule has 6 heteroatoms. The number of hydrogen-bond acceptors (Lipinski definition) is 4. The Morgan fingerprint density at radius 3 is 2.71 bits per heavy atom. The third kappa shape index (κ3) is 5.06. The van der Waals surface area contributed by atoms with Gasteiger partial charge in [0.25, 0.3) is 0 Å². The van der Waals surface area contributed by atoms with E-state index in [1.807, 2.05) is 12.1 Å². The molecular weight excluding hydrogens is 270 g/mol. The van der Waals surface area contributed by atoms with Crippen molar-refractivity contribution in [2.75, 3.05) is 32.8 Å². The van der Waals surface area contributed by atoms with E-state index in [1.54, 1.807) is 6.26 Å². The van der Waals surface area contributed by atoms with Gasteiger partial charge in [0.2, 0.25) is 0 Å². The second-order valence-corrected chi connectivity index (χ2v) is 5.60. The second-order valence-electron chi connectivity index (χ2n) is 5.60. The van der Waals surface area contributed by atoms with Crippen LogP contribution in [0.3, 0.4) is 0 Å². The van der Waals surface area contributed by atoms with Gasteiger partial charge in [-0.2, -0.15) is 0 Å². The van der Waals surface area contributed by atoms with Crippen molar-refractivity contribution in [3.05, 3.63) is 24.2 Å². The molecule has 2 heterocycles. The van der Waals surface area contributed by atoms with E-state index in [0.29, 0.717) is 25.0 Å². The van der Waals surface area contributed by atoms with E-state index in [9.17, 15) is 4.79 Å². The monoisotopic (exact) mass is 295 g/mol. The molecular formula is C15H25N3O3. The largest absolute Gasteiger partial charge is 0.467 e. The maximum Gasteiger partial charge on any atom is 0.315 e. The minimum absolute atomic E-state index is 0.162. The van der Waals surface area contributed by atoms with Crippen LogP contribution in [0.15, 0.2) is 22.8 Å². The summed E-state index contributed by atoms with van der Waals surface area (Å²) in [6.45, 7) is 8.81. The molecule has 0 spiro atoms. The van der Waals surface area contributed by atoms with Crippen molar-refractivity contribution in [3.63, 3.8) is 0 Å². The minimum Gasteiger partial charge on any atom is -0.467 e. The van der Waals surface area contributed by atoms with Gasteiger partial charge in [-0.1, -0.05) is 13.8 Å². The smallest absolute Gasteiger partial charge is 0.315 e. The van der Waals surface area contributed by atoms with Crippen LogP contribution in [0.25, 0.3) is 0 Å². The van der Waals surface area contributed by atoms with Crippen molar-refractivity contribution in [2.24, 2.45) is 5.92 Å². The van der Waals surface area contributed by atoms with Crippen LogP contribution in [0.5, 0.6) is 0 Å². The van der Waals surface area contributed by atoms with Crippen LogP contribution in [-0.2, 0) is 11.3 Å². The summed E-state index contributed by atoms with van der Waals surface area (Å²) in [6, 6.07) is 3.82. The second kappa shape index (κ2) is 8.05. The highest BCUT2D eigenvalue weighted by molar-refractivity contribution is 5.73. The predicted octanol–water partition coefficient (Wildman–Crippen LogP) is 1.44. The third-order valence-electron chi connectivity index (χ3n) is 3.76. The molecule has 1 aromatic heterocycles. The number of ether oxygens (including phenoxy) is 1. The summed E-state index contributed by atoms with van der Waals surface area (Å²) in [7, 11) is 0. The number of hydrogen-bond donors (Lipinski definition) is 2. The van der Waals surface area contributed by atoms with Gasteiger partial charge in [-0.05, 0) is 18.1 Å². The average molecular weight is 295 g/mol.